The molecule has 1 heterocycles. The molecule has 0 saturated carbocycles. The number of amides is 2. The van der Waals surface area contributed by atoms with Crippen molar-refractivity contribution >= 4 is 21.8 Å². The summed E-state index contributed by atoms with van der Waals surface area (Å²) in [6.07, 6.45) is 2.55. The molecule has 0 aliphatic heterocycles. The van der Waals surface area contributed by atoms with E-state index in [1.165, 1.54) is 0 Å². The Hall–Kier alpha value is -3.26. The lowest BCUT2D eigenvalue weighted by molar-refractivity contribution is 0.201. The second-order valence-corrected chi connectivity index (χ2v) is 8.67. The van der Waals surface area contributed by atoms with Gasteiger partial charge < -0.3 is 18.8 Å². The highest BCUT2D eigenvalue weighted by Crippen LogP contribution is 2.19. The van der Waals surface area contributed by atoms with Crippen LogP contribution in [-0.2, 0) is 23.2 Å². The first-order valence-electron chi connectivity index (χ1n) is 9.33. The van der Waals surface area contributed by atoms with E-state index in [1.54, 1.807) is 47.6 Å². The summed E-state index contributed by atoms with van der Waals surface area (Å²) in [7, 11) is -3.59. The van der Waals surface area contributed by atoms with Gasteiger partial charge in [-0.25, -0.2) is 4.79 Å². The SMILES string of the molecule is Cc1ccc(NC(=O)N(Cc2ccc(OS(C)(=O)=O)cc2)Cc2ccco2)cc1C. The smallest absolute Gasteiger partial charge is 0.322 e. The van der Waals surface area contributed by atoms with Crippen molar-refractivity contribution in [3.63, 3.8) is 0 Å². The number of carbonyl (C=O) groups is 1. The van der Waals surface area contributed by atoms with Crippen LogP contribution in [0.15, 0.2) is 65.3 Å². The number of aryl methyl sites for hydroxylation is 2. The molecule has 2 aromatic carbocycles. The van der Waals surface area contributed by atoms with Crippen LogP contribution in [0, 0.1) is 13.8 Å². The molecule has 0 saturated heterocycles. The lowest BCUT2D eigenvalue weighted by Crippen LogP contribution is -2.34. The highest BCUT2D eigenvalue weighted by atomic mass is 32.2. The van der Waals surface area contributed by atoms with Crippen molar-refractivity contribution in [1.29, 1.82) is 0 Å². The minimum Gasteiger partial charge on any atom is -0.467 e. The van der Waals surface area contributed by atoms with Crippen LogP contribution in [0.2, 0.25) is 0 Å². The van der Waals surface area contributed by atoms with Crippen LogP contribution in [0.25, 0.3) is 0 Å². The normalized spacial score (nSPS) is 11.2. The third-order valence-corrected chi connectivity index (χ3v) is 5.01. The summed E-state index contributed by atoms with van der Waals surface area (Å²) in [5.74, 6) is 0.876. The number of urea groups is 1. The molecule has 0 unspecified atom stereocenters. The Kier molecular flexibility index (Phi) is 6.47. The van der Waals surface area contributed by atoms with Crippen molar-refractivity contribution in [2.75, 3.05) is 11.6 Å². The molecule has 7 nitrogen and oxygen atoms in total. The topological polar surface area (TPSA) is 88.9 Å². The molecular formula is C22H24N2O5S. The van der Waals surface area contributed by atoms with Gasteiger partial charge in [0.25, 0.3) is 0 Å². The molecule has 3 rings (SSSR count). The molecular weight excluding hydrogens is 404 g/mol. The molecule has 0 spiro atoms. The largest absolute Gasteiger partial charge is 0.467 e. The third-order valence-electron chi connectivity index (χ3n) is 4.52. The molecule has 0 atom stereocenters. The summed E-state index contributed by atoms with van der Waals surface area (Å²) >= 11 is 0. The highest BCUT2D eigenvalue weighted by molar-refractivity contribution is 7.86. The van der Waals surface area contributed by atoms with Crippen LogP contribution >= 0.6 is 0 Å². The van der Waals surface area contributed by atoms with E-state index in [0.29, 0.717) is 18.0 Å². The standard InChI is InChI=1S/C22H24N2O5S/c1-16-6-9-19(13-17(16)2)23-22(25)24(15-21-5-4-12-28-21)14-18-7-10-20(11-8-18)29-30(3,26)27/h4-13H,14-15H2,1-3H3,(H,23,25). The monoisotopic (exact) mass is 428 g/mol. The summed E-state index contributed by atoms with van der Waals surface area (Å²) < 4.78 is 32.8. The highest BCUT2D eigenvalue weighted by Gasteiger charge is 2.17. The predicted molar refractivity (Wildman–Crippen MR) is 115 cm³/mol. The lowest BCUT2D eigenvalue weighted by Gasteiger charge is -2.23. The molecule has 3 aromatic rings. The Morgan fingerprint density at radius 2 is 1.77 bits per heavy atom. The number of carbonyl (C=O) groups excluding carboxylic acids is 1. The summed E-state index contributed by atoms with van der Waals surface area (Å²) in [4.78, 5) is 14.6. The summed E-state index contributed by atoms with van der Waals surface area (Å²) in [6, 6.07) is 15.6. The van der Waals surface area contributed by atoms with Gasteiger partial charge >= 0.3 is 16.1 Å². The second kappa shape index (κ2) is 9.04. The van der Waals surface area contributed by atoms with Crippen LogP contribution in [-0.4, -0.2) is 25.6 Å². The molecule has 0 bridgehead atoms. The summed E-state index contributed by atoms with van der Waals surface area (Å²) in [6.45, 7) is 4.59. The predicted octanol–water partition coefficient (Wildman–Crippen LogP) is 4.47. The van der Waals surface area contributed by atoms with Gasteiger partial charge in [-0.05, 0) is 66.9 Å². The zero-order chi connectivity index (χ0) is 21.7. The van der Waals surface area contributed by atoms with E-state index in [2.05, 4.69) is 5.32 Å². The molecule has 0 fully saturated rings. The zero-order valence-corrected chi connectivity index (χ0v) is 17.9. The molecule has 0 aliphatic carbocycles. The van der Waals surface area contributed by atoms with Gasteiger partial charge in [0.05, 0.1) is 19.1 Å². The lowest BCUT2D eigenvalue weighted by atomic mass is 10.1. The number of hydrogen-bond donors (Lipinski definition) is 1. The number of benzene rings is 2. The summed E-state index contributed by atoms with van der Waals surface area (Å²) in [5.41, 5.74) is 3.77. The van der Waals surface area contributed by atoms with Crippen molar-refractivity contribution in [3.8, 4) is 5.75 Å². The van der Waals surface area contributed by atoms with Gasteiger partial charge in [0.15, 0.2) is 0 Å². The van der Waals surface area contributed by atoms with E-state index in [1.807, 2.05) is 32.0 Å². The zero-order valence-electron chi connectivity index (χ0n) is 17.1. The van der Waals surface area contributed by atoms with Crippen LogP contribution in [0.4, 0.5) is 10.5 Å². The Bertz CT molecular complexity index is 1110. The molecule has 158 valence electrons. The minimum atomic E-state index is -3.59. The molecule has 2 amide bonds. The molecule has 30 heavy (non-hydrogen) atoms. The van der Waals surface area contributed by atoms with Gasteiger partial charge in [0, 0.05) is 12.2 Å². The van der Waals surface area contributed by atoms with E-state index < -0.39 is 10.1 Å². The third kappa shape index (κ3) is 6.12. The average molecular weight is 429 g/mol. The maximum absolute atomic E-state index is 13.0. The fourth-order valence-electron chi connectivity index (χ4n) is 2.86. The van der Waals surface area contributed by atoms with Crippen molar-refractivity contribution in [2.24, 2.45) is 0 Å². The molecule has 0 aliphatic rings. The van der Waals surface area contributed by atoms with Gasteiger partial charge in [-0.15, -0.1) is 0 Å². The second-order valence-electron chi connectivity index (χ2n) is 7.10. The maximum atomic E-state index is 13.0. The van der Waals surface area contributed by atoms with Gasteiger partial charge in [-0.2, -0.15) is 8.42 Å². The minimum absolute atomic E-state index is 0.221. The van der Waals surface area contributed by atoms with Crippen molar-refractivity contribution < 1.29 is 21.8 Å². The summed E-state index contributed by atoms with van der Waals surface area (Å²) in [5, 5.41) is 2.93. The van der Waals surface area contributed by atoms with E-state index in [9.17, 15) is 13.2 Å². The molecule has 1 aromatic heterocycles. The first kappa shape index (κ1) is 21.4. The van der Waals surface area contributed by atoms with E-state index in [0.717, 1.165) is 22.9 Å². The quantitative estimate of drug-likeness (QED) is 0.561. The van der Waals surface area contributed by atoms with Crippen molar-refractivity contribution in [1.82, 2.24) is 4.90 Å². The number of hydrogen-bond acceptors (Lipinski definition) is 5. The first-order valence-corrected chi connectivity index (χ1v) is 11.2. The molecule has 1 N–H and O–H groups in total. The number of rotatable bonds is 7. The Balaban J connectivity index is 1.76. The van der Waals surface area contributed by atoms with Crippen molar-refractivity contribution in [3.05, 3.63) is 83.3 Å². The van der Waals surface area contributed by atoms with Crippen LogP contribution in [0.5, 0.6) is 5.75 Å². The number of anilines is 1. The Morgan fingerprint density at radius 1 is 1.03 bits per heavy atom. The fraction of sp³-hybridized carbons (Fsp3) is 0.227. The van der Waals surface area contributed by atoms with Gasteiger partial charge in [0.1, 0.15) is 11.5 Å². The molecule has 8 heteroatoms. The van der Waals surface area contributed by atoms with E-state index in [4.69, 9.17) is 8.60 Å². The van der Waals surface area contributed by atoms with Gasteiger partial charge in [-0.1, -0.05) is 18.2 Å². The number of furan rings is 1. The van der Waals surface area contributed by atoms with Crippen LogP contribution in [0.3, 0.4) is 0 Å². The van der Waals surface area contributed by atoms with Gasteiger partial charge in [-0.3, -0.25) is 0 Å². The maximum Gasteiger partial charge on any atom is 0.322 e. The van der Waals surface area contributed by atoms with Crippen LogP contribution < -0.4 is 9.50 Å². The number of nitrogens with one attached hydrogen (secondary N) is 1. The van der Waals surface area contributed by atoms with E-state index >= 15 is 0 Å². The Morgan fingerprint density at radius 3 is 2.37 bits per heavy atom. The van der Waals surface area contributed by atoms with Crippen LogP contribution in [0.1, 0.15) is 22.5 Å². The van der Waals surface area contributed by atoms with Gasteiger partial charge in [0.2, 0.25) is 0 Å². The van der Waals surface area contributed by atoms with E-state index in [-0.39, 0.29) is 18.3 Å². The van der Waals surface area contributed by atoms with Crippen molar-refractivity contribution in [2.45, 2.75) is 26.9 Å². The fourth-order valence-corrected chi connectivity index (χ4v) is 3.32. The molecule has 0 radical (unpaired) electrons. The average Bonchev–Trinajstić information content (AvgIpc) is 3.18. The number of nitrogens with zero attached hydrogens (tertiary/aromatic N) is 1. The Labute approximate surface area is 176 Å². The first-order chi connectivity index (χ1) is 14.2.